The fraction of sp³-hybridized carbons (Fsp3) is 0.552. The zero-order chi connectivity index (χ0) is 24.7. The van der Waals surface area contributed by atoms with Crippen LogP contribution in [0.15, 0.2) is 41.4 Å². The molecule has 0 unspecified atom stereocenters. The third-order valence-corrected chi connectivity index (χ3v) is 5.88. The van der Waals surface area contributed by atoms with Crippen molar-refractivity contribution >= 4 is 17.7 Å². The molecule has 32 heavy (non-hydrogen) atoms. The van der Waals surface area contributed by atoms with Crippen molar-refractivity contribution in [1.29, 1.82) is 0 Å². The van der Waals surface area contributed by atoms with Crippen molar-refractivity contribution in [3.63, 3.8) is 0 Å². The topological polar surface area (TPSA) is 35.8 Å². The lowest BCUT2D eigenvalue weighted by molar-refractivity contribution is 0.316. The molecule has 1 N–H and O–H groups in total. The Morgan fingerprint density at radius 3 is 1.19 bits per heavy atom. The Morgan fingerprint density at radius 2 is 0.875 bits per heavy atom. The Bertz CT molecular complexity index is 910. The fourth-order valence-corrected chi connectivity index (χ4v) is 3.35. The Labute approximate surface area is 196 Å². The average Bonchev–Trinajstić information content (AvgIpc) is 2.62. The van der Waals surface area contributed by atoms with Gasteiger partial charge in [-0.05, 0) is 68.2 Å². The van der Waals surface area contributed by atoms with E-state index >= 15 is 0 Å². The second-order valence-electron chi connectivity index (χ2n) is 13.1. The lowest BCUT2D eigenvalue weighted by Crippen LogP contribution is -2.21. The molecule has 2 rings (SSSR count). The molecule has 0 aliphatic carbocycles. The maximum atomic E-state index is 10.9. The molecular weight excluding hydrogens is 392 g/mol. The van der Waals surface area contributed by atoms with Crippen LogP contribution in [-0.4, -0.2) is 11.5 Å². The zero-order valence-electron chi connectivity index (χ0n) is 22.4. The highest BCUT2D eigenvalue weighted by atomic mass is 16.5. The number of anilines is 1. The minimum Gasteiger partial charge on any atom is -0.283 e. The van der Waals surface area contributed by atoms with Crippen LogP contribution >= 0.6 is 0 Å². The highest BCUT2D eigenvalue weighted by molar-refractivity contribution is 5.79. The van der Waals surface area contributed by atoms with Gasteiger partial charge in [-0.1, -0.05) is 95.2 Å². The summed E-state index contributed by atoms with van der Waals surface area (Å²) in [6, 6.07) is 12.9. The minimum absolute atomic E-state index is 0.0172. The molecule has 0 aliphatic heterocycles. The molecule has 0 saturated heterocycles. The second-order valence-corrected chi connectivity index (χ2v) is 13.1. The molecule has 0 spiro atoms. The Kier molecular flexibility index (Phi) is 7.07. The molecule has 176 valence electrons. The predicted octanol–water partition coefficient (Wildman–Crippen LogP) is 8.43. The van der Waals surface area contributed by atoms with Gasteiger partial charge in [0.1, 0.15) is 6.34 Å². The first-order chi connectivity index (χ1) is 14.3. The van der Waals surface area contributed by atoms with E-state index in [-0.39, 0.29) is 21.7 Å². The van der Waals surface area contributed by atoms with Crippen LogP contribution < -0.4 is 5.06 Å². The first kappa shape index (κ1) is 26.1. The molecule has 0 heterocycles. The molecule has 0 aliphatic rings. The molecule has 0 saturated carbocycles. The van der Waals surface area contributed by atoms with Gasteiger partial charge in [-0.3, -0.25) is 5.21 Å². The molecule has 3 heteroatoms. The monoisotopic (exact) mass is 436 g/mol. The van der Waals surface area contributed by atoms with Crippen LogP contribution in [0.3, 0.4) is 0 Å². The number of aliphatic imine (C=N–C) groups is 1. The van der Waals surface area contributed by atoms with Crippen LogP contribution in [0.1, 0.15) is 105 Å². The van der Waals surface area contributed by atoms with Crippen LogP contribution in [0.25, 0.3) is 0 Å². The molecule has 0 bridgehead atoms. The highest BCUT2D eigenvalue weighted by Crippen LogP contribution is 2.34. The van der Waals surface area contributed by atoms with Gasteiger partial charge in [-0.15, -0.1) is 0 Å². The lowest BCUT2D eigenvalue weighted by atomic mass is 9.80. The smallest absolute Gasteiger partial charge is 0.122 e. The normalized spacial score (nSPS) is 13.7. The van der Waals surface area contributed by atoms with Gasteiger partial charge in [-0.25, -0.2) is 10.1 Å². The molecule has 0 aromatic heterocycles. The summed E-state index contributed by atoms with van der Waals surface area (Å²) in [5.41, 5.74) is 6.46. The van der Waals surface area contributed by atoms with Gasteiger partial charge >= 0.3 is 0 Å². The molecule has 2 aromatic carbocycles. The lowest BCUT2D eigenvalue weighted by Gasteiger charge is -2.27. The maximum absolute atomic E-state index is 10.9. The van der Waals surface area contributed by atoms with Crippen molar-refractivity contribution < 1.29 is 5.21 Å². The predicted molar refractivity (Wildman–Crippen MR) is 140 cm³/mol. The van der Waals surface area contributed by atoms with E-state index in [0.717, 1.165) is 16.4 Å². The van der Waals surface area contributed by atoms with E-state index in [1.54, 1.807) is 0 Å². The minimum atomic E-state index is -0.0172. The number of hydroxylamine groups is 1. The molecule has 0 fully saturated rings. The van der Waals surface area contributed by atoms with Crippen molar-refractivity contribution in [2.45, 2.75) is 105 Å². The van der Waals surface area contributed by atoms with Gasteiger partial charge in [0.2, 0.25) is 0 Å². The van der Waals surface area contributed by atoms with Crippen LogP contribution in [0.5, 0.6) is 0 Å². The summed E-state index contributed by atoms with van der Waals surface area (Å²) in [6.07, 6.45) is 1.52. The maximum Gasteiger partial charge on any atom is 0.122 e. The van der Waals surface area contributed by atoms with Crippen molar-refractivity contribution in [3.05, 3.63) is 58.7 Å². The van der Waals surface area contributed by atoms with E-state index in [1.165, 1.54) is 28.6 Å². The van der Waals surface area contributed by atoms with Crippen molar-refractivity contribution in [2.24, 2.45) is 4.99 Å². The van der Waals surface area contributed by atoms with Gasteiger partial charge in [-0.2, -0.15) is 0 Å². The van der Waals surface area contributed by atoms with E-state index in [0.29, 0.717) is 0 Å². The standard InChI is InChI=1S/C29H44N2O/c1-26(2,3)20-13-21(27(4,5)6)16-24(15-20)30-19-31(32)25-17-22(28(7,8)9)14-23(18-25)29(10,11)12/h13-19,32H,1-12H3. The third-order valence-electron chi connectivity index (χ3n) is 5.88. The van der Waals surface area contributed by atoms with E-state index in [4.69, 9.17) is 0 Å². The summed E-state index contributed by atoms with van der Waals surface area (Å²) in [5, 5.41) is 12.0. The summed E-state index contributed by atoms with van der Waals surface area (Å²) in [4.78, 5) is 4.67. The summed E-state index contributed by atoms with van der Waals surface area (Å²) < 4.78 is 0. The number of nitrogens with zero attached hydrogens (tertiary/aromatic N) is 2. The van der Waals surface area contributed by atoms with Gasteiger partial charge < -0.3 is 0 Å². The molecule has 3 nitrogen and oxygen atoms in total. The van der Waals surface area contributed by atoms with Gasteiger partial charge in [0, 0.05) is 0 Å². The van der Waals surface area contributed by atoms with Crippen LogP contribution in [-0.2, 0) is 21.7 Å². The Hall–Kier alpha value is -2.13. The van der Waals surface area contributed by atoms with Crippen molar-refractivity contribution in [2.75, 3.05) is 5.06 Å². The van der Waals surface area contributed by atoms with Crippen molar-refractivity contribution in [3.8, 4) is 0 Å². The van der Waals surface area contributed by atoms with Crippen LogP contribution in [0.2, 0.25) is 0 Å². The number of rotatable bonds is 3. The third kappa shape index (κ3) is 6.68. The van der Waals surface area contributed by atoms with Gasteiger partial charge in [0.15, 0.2) is 0 Å². The number of benzene rings is 2. The van der Waals surface area contributed by atoms with E-state index < -0.39 is 0 Å². The van der Waals surface area contributed by atoms with E-state index in [1.807, 2.05) is 12.1 Å². The molecule has 0 radical (unpaired) electrons. The molecule has 0 amide bonds. The number of hydrogen-bond donors (Lipinski definition) is 1. The quantitative estimate of drug-likeness (QED) is 0.298. The fourth-order valence-electron chi connectivity index (χ4n) is 3.35. The van der Waals surface area contributed by atoms with Gasteiger partial charge in [0.05, 0.1) is 11.4 Å². The second kappa shape index (κ2) is 8.67. The van der Waals surface area contributed by atoms with Gasteiger partial charge in [0.25, 0.3) is 0 Å². The Balaban J connectivity index is 2.51. The van der Waals surface area contributed by atoms with Crippen LogP contribution in [0, 0.1) is 0 Å². The highest BCUT2D eigenvalue weighted by Gasteiger charge is 2.22. The van der Waals surface area contributed by atoms with Crippen LogP contribution in [0.4, 0.5) is 11.4 Å². The first-order valence-corrected chi connectivity index (χ1v) is 11.6. The molecular formula is C29H44N2O. The zero-order valence-corrected chi connectivity index (χ0v) is 22.4. The average molecular weight is 437 g/mol. The summed E-state index contributed by atoms with van der Waals surface area (Å²) in [5.74, 6) is 0. The van der Waals surface area contributed by atoms with E-state index in [2.05, 4.69) is 112 Å². The van der Waals surface area contributed by atoms with Crippen molar-refractivity contribution in [1.82, 2.24) is 0 Å². The summed E-state index contributed by atoms with van der Waals surface area (Å²) in [6.45, 7) is 26.5. The summed E-state index contributed by atoms with van der Waals surface area (Å²) in [7, 11) is 0. The Morgan fingerprint density at radius 1 is 0.562 bits per heavy atom. The molecule has 0 atom stereocenters. The van der Waals surface area contributed by atoms with E-state index in [9.17, 15) is 5.21 Å². The largest absolute Gasteiger partial charge is 0.283 e. The molecule has 2 aromatic rings. The first-order valence-electron chi connectivity index (χ1n) is 11.6. The summed E-state index contributed by atoms with van der Waals surface area (Å²) >= 11 is 0. The SMILES string of the molecule is CC(C)(C)c1cc(N=CN(O)c2cc(C(C)(C)C)cc(C(C)(C)C)c2)cc(C(C)(C)C)c1. The number of hydrogen-bond acceptors (Lipinski definition) is 2.